The van der Waals surface area contributed by atoms with Crippen molar-refractivity contribution in [3.8, 4) is 5.69 Å². The SMILES string of the molecule is Clc1nc(NCc2ccco2)c2cnn(-c3ccccc3)c2n1. The molecule has 4 rings (SSSR count). The summed E-state index contributed by atoms with van der Waals surface area (Å²) in [6, 6.07) is 13.5. The first-order valence-electron chi connectivity index (χ1n) is 7.04. The van der Waals surface area contributed by atoms with Gasteiger partial charge in [-0.2, -0.15) is 15.1 Å². The third-order valence-electron chi connectivity index (χ3n) is 3.41. The second-order valence-electron chi connectivity index (χ2n) is 4.90. The molecule has 6 nitrogen and oxygen atoms in total. The second-order valence-corrected chi connectivity index (χ2v) is 5.24. The Balaban J connectivity index is 1.76. The summed E-state index contributed by atoms with van der Waals surface area (Å²) >= 11 is 6.07. The quantitative estimate of drug-likeness (QED) is 0.580. The number of fused-ring (bicyclic) bond motifs is 1. The molecule has 1 aromatic carbocycles. The molecule has 0 atom stereocenters. The fraction of sp³-hybridized carbons (Fsp3) is 0.0625. The summed E-state index contributed by atoms with van der Waals surface area (Å²) in [5, 5.41) is 8.58. The average molecular weight is 326 g/mol. The predicted octanol–water partition coefficient (Wildman–Crippen LogP) is 3.67. The fourth-order valence-corrected chi connectivity index (χ4v) is 2.52. The van der Waals surface area contributed by atoms with Crippen LogP contribution < -0.4 is 5.32 Å². The first-order chi connectivity index (χ1) is 11.3. The zero-order valence-corrected chi connectivity index (χ0v) is 12.7. The van der Waals surface area contributed by atoms with E-state index in [0.29, 0.717) is 18.0 Å². The number of rotatable bonds is 4. The van der Waals surface area contributed by atoms with Crippen LogP contribution in [0, 0.1) is 0 Å². The van der Waals surface area contributed by atoms with Gasteiger partial charge in [-0.15, -0.1) is 0 Å². The van der Waals surface area contributed by atoms with E-state index in [9.17, 15) is 0 Å². The second kappa shape index (κ2) is 5.73. The van der Waals surface area contributed by atoms with Crippen molar-refractivity contribution in [2.45, 2.75) is 6.54 Å². The maximum absolute atomic E-state index is 6.07. The van der Waals surface area contributed by atoms with Crippen LogP contribution in [-0.2, 0) is 6.54 Å². The highest BCUT2D eigenvalue weighted by atomic mass is 35.5. The molecule has 3 heterocycles. The topological polar surface area (TPSA) is 68.8 Å². The van der Waals surface area contributed by atoms with Crippen LogP contribution in [-0.4, -0.2) is 19.7 Å². The summed E-state index contributed by atoms with van der Waals surface area (Å²) in [6.45, 7) is 0.506. The molecule has 23 heavy (non-hydrogen) atoms. The molecule has 0 aliphatic carbocycles. The minimum absolute atomic E-state index is 0.164. The van der Waals surface area contributed by atoms with Crippen LogP contribution in [0.4, 0.5) is 5.82 Å². The van der Waals surface area contributed by atoms with Gasteiger partial charge in [0.15, 0.2) is 5.65 Å². The molecular weight excluding hydrogens is 314 g/mol. The Labute approximate surface area is 136 Å². The van der Waals surface area contributed by atoms with Crippen molar-refractivity contribution >= 4 is 28.5 Å². The van der Waals surface area contributed by atoms with Gasteiger partial charge in [0.1, 0.15) is 11.6 Å². The number of hydrogen-bond acceptors (Lipinski definition) is 5. The van der Waals surface area contributed by atoms with Crippen LogP contribution in [0.3, 0.4) is 0 Å². The number of hydrogen-bond donors (Lipinski definition) is 1. The number of nitrogens with one attached hydrogen (secondary N) is 1. The molecular formula is C16H12ClN5O. The minimum atomic E-state index is 0.164. The Bertz CT molecular complexity index is 934. The molecule has 0 fully saturated rings. The molecule has 114 valence electrons. The molecule has 0 saturated carbocycles. The van der Waals surface area contributed by atoms with Crippen LogP contribution in [0.25, 0.3) is 16.7 Å². The van der Waals surface area contributed by atoms with Gasteiger partial charge >= 0.3 is 0 Å². The summed E-state index contributed by atoms with van der Waals surface area (Å²) in [7, 11) is 0. The molecule has 3 aromatic heterocycles. The van der Waals surface area contributed by atoms with E-state index in [1.165, 1.54) is 0 Å². The predicted molar refractivity (Wildman–Crippen MR) is 87.7 cm³/mol. The highest BCUT2D eigenvalue weighted by molar-refractivity contribution is 6.28. The monoisotopic (exact) mass is 325 g/mol. The first kappa shape index (κ1) is 13.8. The van der Waals surface area contributed by atoms with Gasteiger partial charge in [-0.05, 0) is 35.9 Å². The summed E-state index contributed by atoms with van der Waals surface area (Å²) in [5.74, 6) is 1.43. The minimum Gasteiger partial charge on any atom is -0.467 e. The first-order valence-corrected chi connectivity index (χ1v) is 7.42. The van der Waals surface area contributed by atoms with Crippen molar-refractivity contribution in [3.05, 3.63) is 66.0 Å². The maximum atomic E-state index is 6.07. The van der Waals surface area contributed by atoms with Crippen LogP contribution >= 0.6 is 11.6 Å². The summed E-state index contributed by atoms with van der Waals surface area (Å²) < 4.78 is 7.05. The highest BCUT2D eigenvalue weighted by Gasteiger charge is 2.13. The van der Waals surface area contributed by atoms with Gasteiger partial charge < -0.3 is 9.73 Å². The average Bonchev–Trinajstić information content (AvgIpc) is 3.23. The molecule has 0 radical (unpaired) electrons. The number of halogens is 1. The van der Waals surface area contributed by atoms with Crippen molar-refractivity contribution in [1.82, 2.24) is 19.7 Å². The van der Waals surface area contributed by atoms with E-state index in [0.717, 1.165) is 16.8 Å². The molecule has 0 spiro atoms. The number of anilines is 1. The van der Waals surface area contributed by atoms with Gasteiger partial charge in [-0.1, -0.05) is 18.2 Å². The fourth-order valence-electron chi connectivity index (χ4n) is 2.36. The van der Waals surface area contributed by atoms with Gasteiger partial charge in [-0.3, -0.25) is 0 Å². The Morgan fingerprint density at radius 1 is 1.09 bits per heavy atom. The van der Waals surface area contributed by atoms with Crippen LogP contribution in [0.2, 0.25) is 5.28 Å². The molecule has 0 amide bonds. The summed E-state index contributed by atoms with van der Waals surface area (Å²) in [5.41, 5.74) is 1.56. The van der Waals surface area contributed by atoms with E-state index in [-0.39, 0.29) is 5.28 Å². The molecule has 0 bridgehead atoms. The molecule has 4 aromatic rings. The number of benzene rings is 1. The smallest absolute Gasteiger partial charge is 0.226 e. The van der Waals surface area contributed by atoms with Gasteiger partial charge in [-0.25, -0.2) is 4.68 Å². The molecule has 0 aliphatic rings. The zero-order chi connectivity index (χ0) is 15.6. The normalized spacial score (nSPS) is 11.0. The van der Waals surface area contributed by atoms with E-state index < -0.39 is 0 Å². The standard InChI is InChI=1S/C16H12ClN5O/c17-16-20-14(18-9-12-7-4-8-23-12)13-10-19-22(15(13)21-16)11-5-2-1-3-6-11/h1-8,10H,9H2,(H,18,20,21). The van der Waals surface area contributed by atoms with E-state index in [1.54, 1.807) is 17.1 Å². The maximum Gasteiger partial charge on any atom is 0.226 e. The van der Waals surface area contributed by atoms with Gasteiger partial charge in [0.05, 0.1) is 30.1 Å². The molecule has 0 unspecified atom stereocenters. The number of para-hydroxylation sites is 1. The number of aromatic nitrogens is 4. The van der Waals surface area contributed by atoms with Crippen molar-refractivity contribution in [2.75, 3.05) is 5.32 Å². The lowest BCUT2D eigenvalue weighted by Gasteiger charge is -2.06. The Morgan fingerprint density at radius 3 is 2.74 bits per heavy atom. The van der Waals surface area contributed by atoms with Crippen molar-refractivity contribution in [1.29, 1.82) is 0 Å². The van der Waals surface area contributed by atoms with Gasteiger partial charge in [0, 0.05) is 0 Å². The van der Waals surface area contributed by atoms with E-state index in [4.69, 9.17) is 16.0 Å². The van der Waals surface area contributed by atoms with Gasteiger partial charge in [0.25, 0.3) is 0 Å². The number of furan rings is 1. The van der Waals surface area contributed by atoms with Crippen LogP contribution in [0.15, 0.2) is 59.3 Å². The summed E-state index contributed by atoms with van der Waals surface area (Å²) in [4.78, 5) is 8.56. The Hall–Kier alpha value is -2.86. The summed E-state index contributed by atoms with van der Waals surface area (Å²) in [6.07, 6.45) is 3.36. The third kappa shape index (κ3) is 2.64. The van der Waals surface area contributed by atoms with E-state index in [1.807, 2.05) is 42.5 Å². The van der Waals surface area contributed by atoms with Crippen molar-refractivity contribution < 1.29 is 4.42 Å². The lowest BCUT2D eigenvalue weighted by Crippen LogP contribution is -2.03. The molecule has 0 aliphatic heterocycles. The molecule has 1 N–H and O–H groups in total. The van der Waals surface area contributed by atoms with Crippen LogP contribution in [0.5, 0.6) is 0 Å². The van der Waals surface area contributed by atoms with E-state index in [2.05, 4.69) is 20.4 Å². The lowest BCUT2D eigenvalue weighted by atomic mass is 10.3. The molecule has 7 heteroatoms. The van der Waals surface area contributed by atoms with Crippen molar-refractivity contribution in [2.24, 2.45) is 0 Å². The number of nitrogens with zero attached hydrogens (tertiary/aromatic N) is 4. The zero-order valence-electron chi connectivity index (χ0n) is 12.0. The van der Waals surface area contributed by atoms with Crippen LogP contribution in [0.1, 0.15) is 5.76 Å². The Kier molecular flexibility index (Phi) is 3.44. The lowest BCUT2D eigenvalue weighted by molar-refractivity contribution is 0.518. The van der Waals surface area contributed by atoms with Gasteiger partial charge in [0.2, 0.25) is 5.28 Å². The largest absolute Gasteiger partial charge is 0.467 e. The Morgan fingerprint density at radius 2 is 1.96 bits per heavy atom. The molecule has 0 saturated heterocycles. The van der Waals surface area contributed by atoms with E-state index >= 15 is 0 Å². The third-order valence-corrected chi connectivity index (χ3v) is 3.58. The van der Waals surface area contributed by atoms with Crippen molar-refractivity contribution in [3.63, 3.8) is 0 Å². The highest BCUT2D eigenvalue weighted by Crippen LogP contribution is 2.24.